The summed E-state index contributed by atoms with van der Waals surface area (Å²) < 4.78 is 31.7. The molecule has 0 spiro atoms. The molecule has 0 saturated carbocycles. The summed E-state index contributed by atoms with van der Waals surface area (Å²) in [6, 6.07) is 7.06. The number of pyridine rings is 1. The highest BCUT2D eigenvalue weighted by molar-refractivity contribution is 9.10. The van der Waals surface area contributed by atoms with Crippen molar-refractivity contribution in [1.29, 1.82) is 0 Å². The Morgan fingerprint density at radius 2 is 2.07 bits per heavy atom. The molecule has 0 aliphatic carbocycles. The van der Waals surface area contributed by atoms with Crippen LogP contribution in [0.15, 0.2) is 46.4 Å². The summed E-state index contributed by atoms with van der Waals surface area (Å²) in [5, 5.41) is 4.59. The number of aromatic nitrogens is 2. The maximum absolute atomic E-state index is 13.7. The second-order valence-electron chi connectivity index (χ2n) is 5.49. The van der Waals surface area contributed by atoms with Crippen LogP contribution in [0, 0.1) is 11.6 Å². The van der Waals surface area contributed by atoms with E-state index in [1.807, 2.05) is 6.07 Å². The quantitative estimate of drug-likeness (QED) is 0.554. The molecule has 0 atom stereocenters. The SMILES string of the molecule is O=C(COC(=O)Cc1csc(-c2ccccn2)n1)Nc1c(F)cc(F)cc1Br. The van der Waals surface area contributed by atoms with Crippen LogP contribution in [0.4, 0.5) is 14.5 Å². The normalized spacial score (nSPS) is 10.5. The number of hydrogen-bond donors (Lipinski definition) is 1. The molecule has 28 heavy (non-hydrogen) atoms. The van der Waals surface area contributed by atoms with Crippen molar-refractivity contribution in [1.82, 2.24) is 9.97 Å². The van der Waals surface area contributed by atoms with Gasteiger partial charge in [-0.05, 0) is 34.1 Å². The van der Waals surface area contributed by atoms with Crippen LogP contribution in [-0.2, 0) is 20.7 Å². The van der Waals surface area contributed by atoms with Crippen LogP contribution in [0.25, 0.3) is 10.7 Å². The molecule has 6 nitrogen and oxygen atoms in total. The van der Waals surface area contributed by atoms with E-state index in [2.05, 4.69) is 31.2 Å². The number of ether oxygens (including phenoxy) is 1. The van der Waals surface area contributed by atoms with Gasteiger partial charge in [0.05, 0.1) is 23.5 Å². The minimum absolute atomic E-state index is 0.0363. The van der Waals surface area contributed by atoms with Crippen LogP contribution >= 0.6 is 27.3 Å². The van der Waals surface area contributed by atoms with Crippen LogP contribution < -0.4 is 5.32 Å². The first-order chi connectivity index (χ1) is 13.4. The van der Waals surface area contributed by atoms with E-state index in [9.17, 15) is 18.4 Å². The Balaban J connectivity index is 1.52. The minimum Gasteiger partial charge on any atom is -0.455 e. The summed E-state index contributed by atoms with van der Waals surface area (Å²) in [7, 11) is 0. The average Bonchev–Trinajstić information content (AvgIpc) is 3.12. The molecule has 10 heteroatoms. The van der Waals surface area contributed by atoms with E-state index in [0.717, 1.165) is 6.07 Å². The Labute approximate surface area is 170 Å². The molecule has 0 radical (unpaired) electrons. The number of carbonyl (C=O) groups is 2. The third-order valence-corrected chi connectivity index (χ3v) is 4.94. The first kappa shape index (κ1) is 20.0. The van der Waals surface area contributed by atoms with Crippen molar-refractivity contribution in [2.45, 2.75) is 6.42 Å². The van der Waals surface area contributed by atoms with Gasteiger partial charge in [0.25, 0.3) is 5.91 Å². The number of halogens is 3. The largest absolute Gasteiger partial charge is 0.455 e. The lowest BCUT2D eigenvalue weighted by Crippen LogP contribution is -2.22. The molecule has 144 valence electrons. The van der Waals surface area contributed by atoms with Gasteiger partial charge in [-0.2, -0.15) is 0 Å². The summed E-state index contributed by atoms with van der Waals surface area (Å²) in [6.07, 6.45) is 1.52. The molecule has 0 unspecified atom stereocenters. The van der Waals surface area contributed by atoms with E-state index in [1.54, 1.807) is 23.7 Å². The molecular weight excluding hydrogens is 456 g/mol. The number of esters is 1. The first-order valence-electron chi connectivity index (χ1n) is 7.88. The van der Waals surface area contributed by atoms with Gasteiger partial charge in [-0.15, -0.1) is 11.3 Å². The molecular formula is C18H12BrF2N3O3S. The van der Waals surface area contributed by atoms with Crippen molar-refractivity contribution in [2.24, 2.45) is 0 Å². The third kappa shape index (κ3) is 5.17. The van der Waals surface area contributed by atoms with Gasteiger partial charge in [-0.1, -0.05) is 6.07 Å². The average molecular weight is 468 g/mol. The molecule has 3 rings (SSSR count). The van der Waals surface area contributed by atoms with E-state index in [-0.39, 0.29) is 16.6 Å². The van der Waals surface area contributed by atoms with Gasteiger partial charge < -0.3 is 10.1 Å². The predicted octanol–water partition coefficient (Wildman–Crippen LogP) is 3.97. The number of nitrogens with zero attached hydrogens (tertiary/aromatic N) is 2. The second kappa shape index (κ2) is 8.98. The molecule has 1 N–H and O–H groups in total. The van der Waals surface area contributed by atoms with Crippen molar-refractivity contribution in [2.75, 3.05) is 11.9 Å². The van der Waals surface area contributed by atoms with Crippen molar-refractivity contribution in [3.63, 3.8) is 0 Å². The topological polar surface area (TPSA) is 81.2 Å². The molecule has 3 aromatic rings. The van der Waals surface area contributed by atoms with E-state index in [4.69, 9.17) is 4.74 Å². The van der Waals surface area contributed by atoms with Crippen molar-refractivity contribution < 1.29 is 23.1 Å². The fourth-order valence-electron chi connectivity index (χ4n) is 2.18. The molecule has 0 fully saturated rings. The van der Waals surface area contributed by atoms with Crippen LogP contribution in [0.5, 0.6) is 0 Å². The number of anilines is 1. The fraction of sp³-hybridized carbons (Fsp3) is 0.111. The van der Waals surface area contributed by atoms with Crippen molar-refractivity contribution in [3.8, 4) is 10.7 Å². The summed E-state index contributed by atoms with van der Waals surface area (Å²) in [4.78, 5) is 32.3. The van der Waals surface area contributed by atoms with E-state index < -0.39 is 30.1 Å². The lowest BCUT2D eigenvalue weighted by molar-refractivity contribution is -0.146. The zero-order chi connectivity index (χ0) is 20.1. The summed E-state index contributed by atoms with van der Waals surface area (Å²) >= 11 is 4.29. The van der Waals surface area contributed by atoms with Crippen LogP contribution in [0.3, 0.4) is 0 Å². The molecule has 0 bridgehead atoms. The highest BCUT2D eigenvalue weighted by atomic mass is 79.9. The Morgan fingerprint density at radius 3 is 2.79 bits per heavy atom. The highest BCUT2D eigenvalue weighted by Crippen LogP contribution is 2.26. The number of carbonyl (C=O) groups excluding carboxylic acids is 2. The number of benzene rings is 1. The Hall–Kier alpha value is -2.72. The predicted molar refractivity (Wildman–Crippen MR) is 103 cm³/mol. The highest BCUT2D eigenvalue weighted by Gasteiger charge is 2.15. The van der Waals surface area contributed by atoms with E-state index in [1.165, 1.54) is 11.3 Å². The smallest absolute Gasteiger partial charge is 0.312 e. The zero-order valence-corrected chi connectivity index (χ0v) is 16.5. The summed E-state index contributed by atoms with van der Waals surface area (Å²) in [5.41, 5.74) is 0.948. The van der Waals surface area contributed by atoms with Crippen molar-refractivity contribution in [3.05, 3.63) is 63.7 Å². The molecule has 2 heterocycles. The van der Waals surface area contributed by atoms with Gasteiger partial charge in [0, 0.05) is 22.1 Å². The minimum atomic E-state index is -0.948. The van der Waals surface area contributed by atoms with Gasteiger partial charge in [-0.25, -0.2) is 13.8 Å². The van der Waals surface area contributed by atoms with E-state index >= 15 is 0 Å². The number of amides is 1. The number of nitrogens with one attached hydrogen (secondary N) is 1. The Kier molecular flexibility index (Phi) is 6.42. The Morgan fingerprint density at radius 1 is 1.25 bits per heavy atom. The monoisotopic (exact) mass is 467 g/mol. The molecule has 1 amide bonds. The molecule has 1 aromatic carbocycles. The van der Waals surface area contributed by atoms with Crippen LogP contribution in [-0.4, -0.2) is 28.5 Å². The van der Waals surface area contributed by atoms with Crippen LogP contribution in [0.2, 0.25) is 0 Å². The molecule has 0 aliphatic heterocycles. The fourth-order valence-corrected chi connectivity index (χ4v) is 3.48. The van der Waals surface area contributed by atoms with Gasteiger partial charge in [0.1, 0.15) is 10.8 Å². The number of rotatable bonds is 6. The summed E-state index contributed by atoms with van der Waals surface area (Å²) in [5.74, 6) is -3.16. The second-order valence-corrected chi connectivity index (χ2v) is 7.20. The van der Waals surface area contributed by atoms with Gasteiger partial charge in [0.2, 0.25) is 0 Å². The van der Waals surface area contributed by atoms with Crippen LogP contribution in [0.1, 0.15) is 5.69 Å². The maximum atomic E-state index is 13.7. The van der Waals surface area contributed by atoms with E-state index in [0.29, 0.717) is 22.5 Å². The molecule has 2 aromatic heterocycles. The first-order valence-corrected chi connectivity index (χ1v) is 9.55. The lowest BCUT2D eigenvalue weighted by atomic mass is 10.3. The zero-order valence-electron chi connectivity index (χ0n) is 14.1. The lowest BCUT2D eigenvalue weighted by Gasteiger charge is -2.09. The van der Waals surface area contributed by atoms with Gasteiger partial charge in [-0.3, -0.25) is 14.6 Å². The standard InChI is InChI=1S/C18H12BrF2N3O3S/c19-12-5-10(20)6-13(21)17(12)24-15(25)8-27-16(26)7-11-9-28-18(23-11)14-3-1-2-4-22-14/h1-6,9H,7-8H2,(H,24,25). The Bertz CT molecular complexity index is 991. The van der Waals surface area contributed by atoms with Gasteiger partial charge >= 0.3 is 5.97 Å². The molecule has 0 aliphatic rings. The molecule has 0 saturated heterocycles. The number of thiazole rings is 1. The number of hydrogen-bond acceptors (Lipinski definition) is 6. The summed E-state index contributed by atoms with van der Waals surface area (Å²) in [6.45, 7) is -0.612. The van der Waals surface area contributed by atoms with Gasteiger partial charge in [0.15, 0.2) is 12.4 Å². The maximum Gasteiger partial charge on any atom is 0.312 e. The van der Waals surface area contributed by atoms with Crippen molar-refractivity contribution >= 4 is 44.8 Å². The third-order valence-electron chi connectivity index (χ3n) is 3.40.